The Hall–Kier alpha value is -3.18. The van der Waals surface area contributed by atoms with Gasteiger partial charge in [-0.1, -0.05) is 30.3 Å². The Morgan fingerprint density at radius 2 is 1.55 bits per heavy atom. The zero-order valence-corrected chi connectivity index (χ0v) is 17.3. The highest BCUT2D eigenvalue weighted by atomic mass is 19.1. The van der Waals surface area contributed by atoms with E-state index in [-0.39, 0.29) is 11.6 Å². The first-order valence-electron chi connectivity index (χ1n) is 10.8. The molecule has 5 heteroatoms. The summed E-state index contributed by atoms with van der Waals surface area (Å²) in [7, 11) is 0. The van der Waals surface area contributed by atoms with E-state index in [4.69, 9.17) is 0 Å². The average Bonchev–Trinajstić information content (AvgIpc) is 3.21. The average molecular weight is 418 g/mol. The molecule has 0 saturated carbocycles. The summed E-state index contributed by atoms with van der Waals surface area (Å²) >= 11 is 0. The molecule has 1 aliphatic heterocycles. The van der Waals surface area contributed by atoms with Crippen LogP contribution in [0.2, 0.25) is 0 Å². The van der Waals surface area contributed by atoms with Gasteiger partial charge < -0.3 is 9.88 Å². The van der Waals surface area contributed by atoms with Crippen molar-refractivity contribution in [3.05, 3.63) is 90.1 Å². The fourth-order valence-electron chi connectivity index (χ4n) is 4.47. The van der Waals surface area contributed by atoms with Crippen LogP contribution in [0.4, 0.5) is 14.5 Å². The van der Waals surface area contributed by atoms with Crippen LogP contribution in [0.5, 0.6) is 0 Å². The third-order valence-corrected chi connectivity index (χ3v) is 6.20. The van der Waals surface area contributed by atoms with Crippen LogP contribution in [0, 0.1) is 11.6 Å². The van der Waals surface area contributed by atoms with Crippen LogP contribution in [0.1, 0.15) is 5.56 Å². The zero-order chi connectivity index (χ0) is 21.2. The number of hydrogen-bond donors (Lipinski definition) is 1. The minimum Gasteiger partial charge on any atom is -0.368 e. The molecular formula is C26H25F2N3. The summed E-state index contributed by atoms with van der Waals surface area (Å²) in [6, 6.07) is 20.0. The lowest BCUT2D eigenvalue weighted by atomic mass is 10.0. The van der Waals surface area contributed by atoms with E-state index in [2.05, 4.69) is 33.0 Å². The monoisotopic (exact) mass is 417 g/mol. The topological polar surface area (TPSA) is 22.3 Å². The number of aromatic nitrogens is 1. The van der Waals surface area contributed by atoms with Crippen molar-refractivity contribution in [2.24, 2.45) is 0 Å². The molecule has 0 unspecified atom stereocenters. The van der Waals surface area contributed by atoms with Gasteiger partial charge >= 0.3 is 0 Å². The second kappa shape index (κ2) is 8.52. The van der Waals surface area contributed by atoms with Crippen molar-refractivity contribution in [2.45, 2.75) is 6.42 Å². The van der Waals surface area contributed by atoms with Gasteiger partial charge in [-0.15, -0.1) is 0 Å². The molecule has 0 amide bonds. The SMILES string of the molecule is Fc1ccc(-c2ccccc2N2CCN(CCc3c[nH]c4ccc(F)cc34)CC2)cc1. The smallest absolute Gasteiger partial charge is 0.123 e. The van der Waals surface area contributed by atoms with Gasteiger partial charge in [0.25, 0.3) is 0 Å². The highest BCUT2D eigenvalue weighted by molar-refractivity contribution is 5.83. The molecule has 0 spiro atoms. The first kappa shape index (κ1) is 19.8. The van der Waals surface area contributed by atoms with Crippen LogP contribution in [0.25, 0.3) is 22.0 Å². The van der Waals surface area contributed by atoms with E-state index in [1.165, 1.54) is 29.4 Å². The number of rotatable bonds is 5. The molecule has 4 aromatic rings. The van der Waals surface area contributed by atoms with Crippen molar-refractivity contribution in [1.29, 1.82) is 0 Å². The molecule has 1 saturated heterocycles. The zero-order valence-electron chi connectivity index (χ0n) is 17.3. The fraction of sp³-hybridized carbons (Fsp3) is 0.231. The Labute approximate surface area is 180 Å². The number of nitrogens with one attached hydrogen (secondary N) is 1. The van der Waals surface area contributed by atoms with Gasteiger partial charge in [-0.2, -0.15) is 0 Å². The van der Waals surface area contributed by atoms with E-state index in [9.17, 15) is 8.78 Å². The van der Waals surface area contributed by atoms with Gasteiger partial charge in [-0.3, -0.25) is 4.90 Å². The number of benzene rings is 3. The van der Waals surface area contributed by atoms with E-state index in [0.29, 0.717) is 0 Å². The van der Waals surface area contributed by atoms with Crippen molar-refractivity contribution < 1.29 is 8.78 Å². The van der Waals surface area contributed by atoms with E-state index in [1.54, 1.807) is 12.1 Å². The van der Waals surface area contributed by atoms with Crippen molar-refractivity contribution in [1.82, 2.24) is 9.88 Å². The Morgan fingerprint density at radius 3 is 2.35 bits per heavy atom. The maximum atomic E-state index is 13.6. The predicted octanol–water partition coefficient (Wildman–Crippen LogP) is 5.48. The summed E-state index contributed by atoms with van der Waals surface area (Å²) in [5, 5.41) is 0.979. The van der Waals surface area contributed by atoms with Gasteiger partial charge in [-0.25, -0.2) is 8.78 Å². The number of piperazine rings is 1. The number of fused-ring (bicyclic) bond motifs is 1. The van der Waals surface area contributed by atoms with Crippen molar-refractivity contribution >= 4 is 16.6 Å². The third-order valence-electron chi connectivity index (χ3n) is 6.20. The molecule has 0 radical (unpaired) electrons. The number of halogens is 2. The van der Waals surface area contributed by atoms with Gasteiger partial charge in [-0.05, 0) is 53.9 Å². The second-order valence-corrected chi connectivity index (χ2v) is 8.11. The van der Waals surface area contributed by atoms with Crippen LogP contribution in [-0.2, 0) is 6.42 Å². The first-order valence-corrected chi connectivity index (χ1v) is 10.8. The van der Waals surface area contributed by atoms with Crippen molar-refractivity contribution in [3.63, 3.8) is 0 Å². The highest BCUT2D eigenvalue weighted by Crippen LogP contribution is 2.31. The molecule has 158 valence electrons. The Balaban J connectivity index is 1.24. The normalized spacial score (nSPS) is 15.0. The van der Waals surface area contributed by atoms with Gasteiger partial charge in [0.05, 0.1) is 0 Å². The Morgan fingerprint density at radius 1 is 0.806 bits per heavy atom. The number of H-pyrrole nitrogens is 1. The molecule has 0 bridgehead atoms. The number of anilines is 1. The van der Waals surface area contributed by atoms with Gasteiger partial charge in [0, 0.05) is 61.1 Å². The number of hydrogen-bond acceptors (Lipinski definition) is 2. The summed E-state index contributed by atoms with van der Waals surface area (Å²) in [6.07, 6.45) is 2.90. The van der Waals surface area contributed by atoms with Gasteiger partial charge in [0.2, 0.25) is 0 Å². The molecule has 1 aromatic heterocycles. The molecule has 1 N–H and O–H groups in total. The molecule has 0 aliphatic carbocycles. The van der Waals surface area contributed by atoms with Crippen LogP contribution < -0.4 is 4.90 Å². The quantitative estimate of drug-likeness (QED) is 0.465. The summed E-state index contributed by atoms with van der Waals surface area (Å²) in [5.41, 5.74) is 5.51. The largest absolute Gasteiger partial charge is 0.368 e. The summed E-state index contributed by atoms with van der Waals surface area (Å²) < 4.78 is 27.0. The maximum absolute atomic E-state index is 13.6. The number of para-hydroxylation sites is 1. The number of nitrogens with zero attached hydrogens (tertiary/aromatic N) is 2. The van der Waals surface area contributed by atoms with E-state index in [1.807, 2.05) is 24.4 Å². The maximum Gasteiger partial charge on any atom is 0.123 e. The minimum absolute atomic E-state index is 0.193. The highest BCUT2D eigenvalue weighted by Gasteiger charge is 2.20. The molecule has 1 aliphatic rings. The molecule has 2 heterocycles. The molecule has 31 heavy (non-hydrogen) atoms. The lowest BCUT2D eigenvalue weighted by Gasteiger charge is -2.37. The molecule has 3 aromatic carbocycles. The molecular weight excluding hydrogens is 392 g/mol. The lowest BCUT2D eigenvalue weighted by Crippen LogP contribution is -2.47. The fourth-order valence-corrected chi connectivity index (χ4v) is 4.47. The summed E-state index contributed by atoms with van der Waals surface area (Å²) in [6.45, 7) is 4.81. The van der Waals surface area contributed by atoms with E-state index in [0.717, 1.165) is 61.2 Å². The standard InChI is InChI=1S/C26H25F2N3/c27-21-7-5-19(6-8-21)23-3-1-2-4-26(23)31-15-13-30(14-16-31)12-11-20-18-29-25-10-9-22(28)17-24(20)25/h1-10,17-18,29H,11-16H2. The van der Waals surface area contributed by atoms with Crippen LogP contribution in [-0.4, -0.2) is 42.6 Å². The molecule has 5 rings (SSSR count). The van der Waals surface area contributed by atoms with E-state index < -0.39 is 0 Å². The summed E-state index contributed by atoms with van der Waals surface area (Å²) in [4.78, 5) is 8.12. The van der Waals surface area contributed by atoms with Gasteiger partial charge in [0.15, 0.2) is 0 Å². The minimum atomic E-state index is -0.215. The van der Waals surface area contributed by atoms with Crippen molar-refractivity contribution in [3.8, 4) is 11.1 Å². The first-order chi connectivity index (χ1) is 15.2. The molecule has 3 nitrogen and oxygen atoms in total. The second-order valence-electron chi connectivity index (χ2n) is 8.11. The molecule has 1 fully saturated rings. The predicted molar refractivity (Wildman–Crippen MR) is 122 cm³/mol. The van der Waals surface area contributed by atoms with Crippen LogP contribution in [0.15, 0.2) is 72.9 Å². The Kier molecular flexibility index (Phi) is 5.43. The molecule has 0 atom stereocenters. The van der Waals surface area contributed by atoms with Crippen LogP contribution in [0.3, 0.4) is 0 Å². The van der Waals surface area contributed by atoms with Gasteiger partial charge in [0.1, 0.15) is 11.6 Å². The summed E-state index contributed by atoms with van der Waals surface area (Å²) in [5.74, 6) is -0.408. The van der Waals surface area contributed by atoms with E-state index >= 15 is 0 Å². The third kappa shape index (κ3) is 4.19. The Bertz CT molecular complexity index is 1170. The lowest BCUT2D eigenvalue weighted by molar-refractivity contribution is 0.261. The number of aromatic amines is 1. The van der Waals surface area contributed by atoms with Crippen LogP contribution >= 0.6 is 0 Å². The van der Waals surface area contributed by atoms with Crippen molar-refractivity contribution in [2.75, 3.05) is 37.6 Å².